The highest BCUT2D eigenvalue weighted by molar-refractivity contribution is 7.90. The highest BCUT2D eigenvalue weighted by Crippen LogP contribution is 2.33. The average Bonchev–Trinajstić information content (AvgIpc) is 2.91. The van der Waals surface area contributed by atoms with E-state index in [4.69, 9.17) is 5.73 Å². The fourth-order valence-electron chi connectivity index (χ4n) is 3.08. The summed E-state index contributed by atoms with van der Waals surface area (Å²) in [6.07, 6.45) is 2.22. The van der Waals surface area contributed by atoms with Crippen molar-refractivity contribution in [1.82, 2.24) is 4.31 Å². The molecule has 1 fully saturated rings. The minimum atomic E-state index is -3.56. The van der Waals surface area contributed by atoms with E-state index in [0.29, 0.717) is 44.2 Å². The van der Waals surface area contributed by atoms with Crippen LogP contribution in [0.5, 0.6) is 0 Å². The fourth-order valence-corrected chi connectivity index (χ4v) is 4.77. The zero-order valence-corrected chi connectivity index (χ0v) is 12.7. The van der Waals surface area contributed by atoms with Crippen molar-refractivity contribution in [2.24, 2.45) is 11.7 Å². The molecule has 2 aliphatic heterocycles. The summed E-state index contributed by atoms with van der Waals surface area (Å²) in [6.45, 7) is 1.97. The molecule has 1 aromatic carbocycles. The van der Waals surface area contributed by atoms with Crippen molar-refractivity contribution >= 4 is 15.9 Å². The number of benzene rings is 1. The molecule has 0 saturated carbocycles. The van der Waals surface area contributed by atoms with Gasteiger partial charge < -0.3 is 5.73 Å². The smallest absolute Gasteiger partial charge is 0.304 e. The molecule has 0 amide bonds. The van der Waals surface area contributed by atoms with Gasteiger partial charge >= 0.3 is 10.2 Å². The predicted molar refractivity (Wildman–Crippen MR) is 79.7 cm³/mol. The van der Waals surface area contributed by atoms with Gasteiger partial charge in [-0.25, -0.2) is 4.39 Å². The number of hydrogen-bond acceptors (Lipinski definition) is 3. The molecule has 7 heteroatoms. The van der Waals surface area contributed by atoms with E-state index in [1.165, 1.54) is 20.7 Å². The Labute approximate surface area is 124 Å². The first kappa shape index (κ1) is 14.7. The zero-order chi connectivity index (χ0) is 15.0. The monoisotopic (exact) mass is 313 g/mol. The maximum atomic E-state index is 13.4. The van der Waals surface area contributed by atoms with Crippen molar-refractivity contribution < 1.29 is 12.8 Å². The Bertz CT molecular complexity index is 627. The molecule has 0 aromatic heterocycles. The zero-order valence-electron chi connectivity index (χ0n) is 11.8. The molecule has 0 aliphatic carbocycles. The lowest BCUT2D eigenvalue weighted by Gasteiger charge is -2.34. The van der Waals surface area contributed by atoms with Gasteiger partial charge in [-0.05, 0) is 49.4 Å². The van der Waals surface area contributed by atoms with Gasteiger partial charge in [-0.2, -0.15) is 12.7 Å². The highest BCUT2D eigenvalue weighted by Gasteiger charge is 2.36. The topological polar surface area (TPSA) is 66.6 Å². The number of piperidine rings is 1. The molecule has 1 aromatic rings. The van der Waals surface area contributed by atoms with Crippen LogP contribution in [0.25, 0.3) is 0 Å². The Kier molecular flexibility index (Phi) is 3.90. The number of anilines is 1. The molecule has 0 radical (unpaired) electrons. The first-order valence-electron chi connectivity index (χ1n) is 7.28. The van der Waals surface area contributed by atoms with E-state index in [2.05, 4.69) is 0 Å². The molecule has 1 saturated heterocycles. The summed E-state index contributed by atoms with van der Waals surface area (Å²) in [5.41, 5.74) is 7.01. The van der Waals surface area contributed by atoms with E-state index in [1.54, 1.807) is 6.07 Å². The third-order valence-electron chi connectivity index (χ3n) is 4.41. The molecular weight excluding hydrogens is 293 g/mol. The van der Waals surface area contributed by atoms with Crippen LogP contribution in [0.4, 0.5) is 10.1 Å². The largest absolute Gasteiger partial charge is 0.330 e. The third-order valence-corrected chi connectivity index (χ3v) is 6.37. The van der Waals surface area contributed by atoms with E-state index in [0.717, 1.165) is 18.4 Å². The van der Waals surface area contributed by atoms with Crippen LogP contribution < -0.4 is 10.0 Å². The second-order valence-corrected chi connectivity index (χ2v) is 7.53. The van der Waals surface area contributed by atoms with Gasteiger partial charge in [0.25, 0.3) is 0 Å². The van der Waals surface area contributed by atoms with Crippen molar-refractivity contribution in [3.63, 3.8) is 0 Å². The van der Waals surface area contributed by atoms with E-state index < -0.39 is 16.0 Å². The standard InChI is InChI=1S/C14H20FN3O2S/c15-13-2-1-12-5-8-18(14(12)9-13)21(19,20)17-6-3-11(10-16)4-7-17/h1-2,9,11H,3-8,10,16H2. The van der Waals surface area contributed by atoms with Crippen molar-refractivity contribution in [1.29, 1.82) is 0 Å². The van der Waals surface area contributed by atoms with Gasteiger partial charge in [-0.3, -0.25) is 4.31 Å². The molecular formula is C14H20FN3O2S. The van der Waals surface area contributed by atoms with Crippen molar-refractivity contribution in [3.8, 4) is 0 Å². The molecule has 0 unspecified atom stereocenters. The van der Waals surface area contributed by atoms with Crippen LogP contribution in [0.15, 0.2) is 18.2 Å². The molecule has 0 bridgehead atoms. The summed E-state index contributed by atoms with van der Waals surface area (Å²) in [6, 6.07) is 4.36. The molecule has 116 valence electrons. The molecule has 0 spiro atoms. The Hall–Kier alpha value is -1.18. The molecule has 21 heavy (non-hydrogen) atoms. The molecule has 0 atom stereocenters. The lowest BCUT2D eigenvalue weighted by atomic mass is 9.99. The van der Waals surface area contributed by atoms with Crippen molar-refractivity contribution in [2.75, 3.05) is 30.5 Å². The number of fused-ring (bicyclic) bond motifs is 1. The van der Waals surface area contributed by atoms with E-state index in [1.807, 2.05) is 0 Å². The Balaban J connectivity index is 1.83. The quantitative estimate of drug-likeness (QED) is 0.909. The van der Waals surface area contributed by atoms with Crippen molar-refractivity contribution in [2.45, 2.75) is 19.3 Å². The molecule has 2 heterocycles. The van der Waals surface area contributed by atoms with Crippen LogP contribution in [0.1, 0.15) is 18.4 Å². The van der Waals surface area contributed by atoms with Crippen LogP contribution in [-0.4, -0.2) is 38.9 Å². The van der Waals surface area contributed by atoms with Crippen LogP contribution in [-0.2, 0) is 16.6 Å². The van der Waals surface area contributed by atoms with E-state index in [9.17, 15) is 12.8 Å². The van der Waals surface area contributed by atoms with Crippen LogP contribution in [0.3, 0.4) is 0 Å². The SMILES string of the molecule is NCC1CCN(S(=O)(=O)N2CCc3ccc(F)cc32)CC1. The lowest BCUT2D eigenvalue weighted by Crippen LogP contribution is -2.47. The van der Waals surface area contributed by atoms with Crippen molar-refractivity contribution in [3.05, 3.63) is 29.6 Å². The number of hydrogen-bond donors (Lipinski definition) is 1. The summed E-state index contributed by atoms with van der Waals surface area (Å²) in [7, 11) is -3.56. The number of halogens is 1. The van der Waals surface area contributed by atoms with Crippen LogP contribution in [0, 0.1) is 11.7 Å². The first-order chi connectivity index (χ1) is 10.0. The second kappa shape index (κ2) is 5.55. The number of nitrogens with two attached hydrogens (primary N) is 1. The van der Waals surface area contributed by atoms with Gasteiger partial charge in [0.15, 0.2) is 0 Å². The van der Waals surface area contributed by atoms with Gasteiger partial charge in [-0.15, -0.1) is 0 Å². The van der Waals surface area contributed by atoms with Gasteiger partial charge in [0, 0.05) is 19.6 Å². The first-order valence-corrected chi connectivity index (χ1v) is 8.68. The minimum Gasteiger partial charge on any atom is -0.330 e. The van der Waals surface area contributed by atoms with Gasteiger partial charge in [0.2, 0.25) is 0 Å². The van der Waals surface area contributed by atoms with Gasteiger partial charge in [-0.1, -0.05) is 6.07 Å². The summed E-state index contributed by atoms with van der Waals surface area (Å²) < 4.78 is 41.8. The second-order valence-electron chi connectivity index (χ2n) is 5.68. The molecule has 2 aliphatic rings. The Morgan fingerprint density at radius 3 is 2.62 bits per heavy atom. The normalized spacial score (nSPS) is 20.8. The Morgan fingerprint density at radius 1 is 1.24 bits per heavy atom. The maximum absolute atomic E-state index is 13.4. The predicted octanol–water partition coefficient (Wildman–Crippen LogP) is 1.10. The highest BCUT2D eigenvalue weighted by atomic mass is 32.2. The maximum Gasteiger partial charge on any atom is 0.304 e. The van der Waals surface area contributed by atoms with Crippen LogP contribution in [0.2, 0.25) is 0 Å². The van der Waals surface area contributed by atoms with Gasteiger partial charge in [0.1, 0.15) is 5.82 Å². The summed E-state index contributed by atoms with van der Waals surface area (Å²) in [5, 5.41) is 0. The molecule has 5 nitrogen and oxygen atoms in total. The summed E-state index contributed by atoms with van der Waals surface area (Å²) >= 11 is 0. The van der Waals surface area contributed by atoms with Gasteiger partial charge in [0.05, 0.1) is 5.69 Å². The molecule has 3 rings (SSSR count). The number of nitrogens with zero attached hydrogens (tertiary/aromatic N) is 2. The molecule has 2 N–H and O–H groups in total. The minimum absolute atomic E-state index is 0.387. The van der Waals surface area contributed by atoms with Crippen LogP contribution >= 0.6 is 0 Å². The summed E-state index contributed by atoms with van der Waals surface area (Å²) in [4.78, 5) is 0. The van der Waals surface area contributed by atoms with E-state index in [-0.39, 0.29) is 0 Å². The number of rotatable bonds is 3. The van der Waals surface area contributed by atoms with E-state index >= 15 is 0 Å². The lowest BCUT2D eigenvalue weighted by molar-refractivity contribution is 0.278. The average molecular weight is 313 g/mol. The summed E-state index contributed by atoms with van der Waals surface area (Å²) in [5.74, 6) is -0.00236. The Morgan fingerprint density at radius 2 is 1.95 bits per heavy atom. The third kappa shape index (κ3) is 2.65. The fraction of sp³-hybridized carbons (Fsp3) is 0.571.